The van der Waals surface area contributed by atoms with Gasteiger partial charge in [-0.15, -0.1) is 5.10 Å². The first kappa shape index (κ1) is 15.8. The van der Waals surface area contributed by atoms with Crippen LogP contribution < -0.4 is 4.90 Å². The van der Waals surface area contributed by atoms with Crippen LogP contribution >= 0.6 is 0 Å². The molecule has 6 nitrogen and oxygen atoms in total. The first-order valence-corrected chi connectivity index (χ1v) is 7.98. The highest BCUT2D eigenvalue weighted by molar-refractivity contribution is 5.35. The Bertz CT molecular complexity index is 594. The van der Waals surface area contributed by atoms with Crippen LogP contribution in [0, 0.1) is 0 Å². The van der Waals surface area contributed by atoms with Crippen molar-refractivity contribution in [3.8, 4) is 0 Å². The molecule has 23 heavy (non-hydrogen) atoms. The van der Waals surface area contributed by atoms with E-state index < -0.39 is 0 Å². The number of rotatable bonds is 5. The van der Waals surface area contributed by atoms with E-state index in [4.69, 9.17) is 4.74 Å². The van der Waals surface area contributed by atoms with E-state index in [1.165, 1.54) is 5.56 Å². The predicted molar refractivity (Wildman–Crippen MR) is 89.3 cm³/mol. The van der Waals surface area contributed by atoms with Gasteiger partial charge in [0.2, 0.25) is 0 Å². The van der Waals surface area contributed by atoms with Gasteiger partial charge in [0.15, 0.2) is 5.82 Å². The molecule has 0 aliphatic carbocycles. The Morgan fingerprint density at radius 1 is 1.35 bits per heavy atom. The van der Waals surface area contributed by atoms with Gasteiger partial charge in [-0.3, -0.25) is 9.88 Å². The second-order valence-corrected chi connectivity index (χ2v) is 5.91. The summed E-state index contributed by atoms with van der Waals surface area (Å²) in [6, 6.07) is 8.33. The molecule has 1 saturated heterocycles. The maximum Gasteiger partial charge on any atom is 0.151 e. The Morgan fingerprint density at radius 3 is 2.96 bits per heavy atom. The number of anilines is 1. The highest BCUT2D eigenvalue weighted by Crippen LogP contribution is 2.22. The topological polar surface area (TPSA) is 54.4 Å². The van der Waals surface area contributed by atoms with Crippen LogP contribution in [-0.4, -0.2) is 59.5 Å². The lowest BCUT2D eigenvalue weighted by molar-refractivity contribution is -0.0368. The lowest BCUT2D eigenvalue weighted by atomic mass is 10.1. The van der Waals surface area contributed by atoms with Gasteiger partial charge < -0.3 is 9.64 Å². The van der Waals surface area contributed by atoms with Gasteiger partial charge in [0.25, 0.3) is 0 Å². The van der Waals surface area contributed by atoms with Crippen LogP contribution in [0.2, 0.25) is 0 Å². The minimum atomic E-state index is 0.162. The van der Waals surface area contributed by atoms with Crippen molar-refractivity contribution < 1.29 is 4.74 Å². The fraction of sp³-hybridized carbons (Fsp3) is 0.471. The summed E-state index contributed by atoms with van der Waals surface area (Å²) in [4.78, 5) is 8.77. The number of hydrogen-bond acceptors (Lipinski definition) is 6. The molecule has 3 rings (SSSR count). The Hall–Kier alpha value is -2.05. The molecule has 2 aromatic rings. The Labute approximate surface area is 137 Å². The van der Waals surface area contributed by atoms with Gasteiger partial charge in [-0.05, 0) is 30.7 Å². The van der Waals surface area contributed by atoms with E-state index in [0.717, 1.165) is 32.1 Å². The van der Waals surface area contributed by atoms with Crippen LogP contribution in [0.25, 0.3) is 0 Å². The molecule has 2 atom stereocenters. The lowest BCUT2D eigenvalue weighted by Gasteiger charge is -2.38. The normalized spacial score (nSPS) is 20.2. The molecule has 3 heterocycles. The highest BCUT2D eigenvalue weighted by Gasteiger charge is 2.26. The smallest absolute Gasteiger partial charge is 0.151 e. The third kappa shape index (κ3) is 4.03. The second-order valence-electron chi connectivity index (χ2n) is 5.91. The average molecular weight is 313 g/mol. The van der Waals surface area contributed by atoms with Crippen LogP contribution in [0.15, 0.2) is 42.9 Å². The summed E-state index contributed by atoms with van der Waals surface area (Å²) in [5.74, 6) is 0.869. The number of likely N-dealkylation sites (N-methyl/N-ethyl adjacent to an activating group) is 1. The van der Waals surface area contributed by atoms with Crippen molar-refractivity contribution in [1.29, 1.82) is 0 Å². The Kier molecular flexibility index (Phi) is 5.15. The molecule has 0 aromatic carbocycles. The van der Waals surface area contributed by atoms with Crippen LogP contribution in [0.1, 0.15) is 18.5 Å². The van der Waals surface area contributed by atoms with E-state index in [1.54, 1.807) is 6.20 Å². The van der Waals surface area contributed by atoms with Crippen molar-refractivity contribution in [3.63, 3.8) is 0 Å². The first-order chi connectivity index (χ1) is 11.2. The lowest BCUT2D eigenvalue weighted by Crippen LogP contribution is -2.47. The van der Waals surface area contributed by atoms with Gasteiger partial charge in [0, 0.05) is 51.3 Å². The maximum atomic E-state index is 5.94. The van der Waals surface area contributed by atoms with Gasteiger partial charge in [-0.25, -0.2) is 0 Å². The van der Waals surface area contributed by atoms with E-state index in [2.05, 4.69) is 38.0 Å². The van der Waals surface area contributed by atoms with Crippen molar-refractivity contribution in [1.82, 2.24) is 20.1 Å². The summed E-state index contributed by atoms with van der Waals surface area (Å²) >= 11 is 0. The highest BCUT2D eigenvalue weighted by atomic mass is 16.5. The van der Waals surface area contributed by atoms with E-state index >= 15 is 0 Å². The molecule has 1 aliphatic rings. The molecule has 0 radical (unpaired) electrons. The first-order valence-electron chi connectivity index (χ1n) is 7.98. The monoisotopic (exact) mass is 313 g/mol. The molecule has 2 aromatic heterocycles. The molecule has 0 amide bonds. The van der Waals surface area contributed by atoms with Crippen LogP contribution in [0.4, 0.5) is 5.82 Å². The minimum absolute atomic E-state index is 0.162. The summed E-state index contributed by atoms with van der Waals surface area (Å²) in [6.07, 6.45) is 5.61. The number of aromatic nitrogens is 3. The van der Waals surface area contributed by atoms with Gasteiger partial charge in [-0.1, -0.05) is 6.07 Å². The standard InChI is InChI=1S/C17H23N5O/c1-14(15-5-3-7-18-11-15)22-9-10-23-16(13-22)12-21(2)17-6-4-8-19-20-17/h3-8,11,14,16H,9-10,12-13H2,1-2H3/t14-,16-/m0/s1. The molecule has 1 aliphatic heterocycles. The molecule has 0 spiro atoms. The zero-order valence-electron chi connectivity index (χ0n) is 13.7. The summed E-state index contributed by atoms with van der Waals surface area (Å²) in [5, 5.41) is 8.08. The van der Waals surface area contributed by atoms with Gasteiger partial charge in [0.05, 0.1) is 12.7 Å². The van der Waals surface area contributed by atoms with E-state index in [9.17, 15) is 0 Å². The molecular formula is C17H23N5O. The zero-order chi connectivity index (χ0) is 16.1. The van der Waals surface area contributed by atoms with Crippen LogP contribution in [0.5, 0.6) is 0 Å². The van der Waals surface area contributed by atoms with Crippen LogP contribution in [0.3, 0.4) is 0 Å². The van der Waals surface area contributed by atoms with E-state index in [-0.39, 0.29) is 6.10 Å². The van der Waals surface area contributed by atoms with Crippen molar-refractivity contribution in [2.75, 3.05) is 38.2 Å². The minimum Gasteiger partial charge on any atom is -0.374 e. The fourth-order valence-corrected chi connectivity index (χ4v) is 2.93. The largest absolute Gasteiger partial charge is 0.374 e. The SMILES string of the molecule is C[C@@H](c1cccnc1)N1CCO[C@@H](CN(C)c2cccnn2)C1. The molecule has 0 unspecified atom stereocenters. The number of morpholine rings is 1. The van der Waals surface area contributed by atoms with Gasteiger partial charge in [-0.2, -0.15) is 5.10 Å². The van der Waals surface area contributed by atoms with Crippen LogP contribution in [-0.2, 0) is 4.74 Å². The van der Waals surface area contributed by atoms with Crippen molar-refractivity contribution in [3.05, 3.63) is 48.4 Å². The molecule has 1 fully saturated rings. The molecule has 122 valence electrons. The molecule has 0 bridgehead atoms. The predicted octanol–water partition coefficient (Wildman–Crippen LogP) is 1.77. The fourth-order valence-electron chi connectivity index (χ4n) is 2.93. The number of hydrogen-bond donors (Lipinski definition) is 0. The summed E-state index contributed by atoms with van der Waals surface area (Å²) in [6.45, 7) is 5.63. The van der Waals surface area contributed by atoms with Gasteiger partial charge >= 0.3 is 0 Å². The average Bonchev–Trinajstić information content (AvgIpc) is 2.63. The molecule has 6 heteroatoms. The van der Waals surface area contributed by atoms with Crippen molar-refractivity contribution >= 4 is 5.82 Å². The zero-order valence-corrected chi connectivity index (χ0v) is 13.7. The van der Waals surface area contributed by atoms with Gasteiger partial charge in [0.1, 0.15) is 0 Å². The Balaban J connectivity index is 1.60. The molecule has 0 saturated carbocycles. The summed E-state index contributed by atoms with van der Waals surface area (Å²) in [5.41, 5.74) is 1.25. The maximum absolute atomic E-state index is 5.94. The third-order valence-electron chi connectivity index (χ3n) is 4.31. The number of ether oxygens (including phenoxy) is 1. The summed E-state index contributed by atoms with van der Waals surface area (Å²) < 4.78 is 5.94. The quantitative estimate of drug-likeness (QED) is 0.838. The number of nitrogens with zero attached hydrogens (tertiary/aromatic N) is 5. The summed E-state index contributed by atoms with van der Waals surface area (Å²) in [7, 11) is 2.02. The van der Waals surface area contributed by atoms with E-state index in [1.807, 2.05) is 37.6 Å². The Morgan fingerprint density at radius 2 is 2.22 bits per heavy atom. The molecular weight excluding hydrogens is 290 g/mol. The third-order valence-corrected chi connectivity index (χ3v) is 4.31. The number of pyridine rings is 1. The van der Waals surface area contributed by atoms with Crippen molar-refractivity contribution in [2.24, 2.45) is 0 Å². The van der Waals surface area contributed by atoms with Crippen molar-refractivity contribution in [2.45, 2.75) is 19.1 Å². The second kappa shape index (κ2) is 7.48. The molecule has 0 N–H and O–H groups in total. The van der Waals surface area contributed by atoms with E-state index in [0.29, 0.717) is 6.04 Å².